The number of fused-ring (bicyclic) bond motifs is 1. The maximum Gasteiger partial charge on any atom is 0.421 e. The van der Waals surface area contributed by atoms with E-state index in [0.717, 1.165) is 17.3 Å². The molecule has 0 aromatic carbocycles. The average molecular weight is 685 g/mol. The van der Waals surface area contributed by atoms with Crippen LogP contribution < -0.4 is 25.2 Å². The van der Waals surface area contributed by atoms with Crippen LogP contribution in [0.4, 0.5) is 44.3 Å². The third kappa shape index (κ3) is 7.92. The molecular weight excluding hydrogens is 651 g/mol. The Labute approximate surface area is 278 Å². The summed E-state index contributed by atoms with van der Waals surface area (Å²) in [6, 6.07) is 4.06. The molecule has 12 nitrogen and oxygen atoms in total. The fourth-order valence-electron chi connectivity index (χ4n) is 6.08. The molecule has 5 heterocycles. The van der Waals surface area contributed by atoms with Gasteiger partial charge in [0.15, 0.2) is 0 Å². The molecule has 2 aliphatic rings. The lowest BCUT2D eigenvalue weighted by Gasteiger charge is -2.36. The number of ether oxygens (including phenoxy) is 1. The van der Waals surface area contributed by atoms with Gasteiger partial charge in [-0.3, -0.25) is 9.88 Å². The highest BCUT2D eigenvalue weighted by Crippen LogP contribution is 2.38. The molecule has 49 heavy (non-hydrogen) atoms. The van der Waals surface area contributed by atoms with Gasteiger partial charge < -0.3 is 20.3 Å². The SMILES string of the molecule is COc1ncc(-c2ccc(N(C(=O)NCC(F)F)C3CCC(Nc4ncc(C(F)(F)F)c(N5CCc6cnccc6C5)n4)CC3)nc2)cn1. The number of rotatable bonds is 9. The number of amides is 2. The Bertz CT molecular complexity index is 1740. The second-order valence-corrected chi connectivity index (χ2v) is 11.7. The Morgan fingerprint density at radius 2 is 1.73 bits per heavy atom. The van der Waals surface area contributed by atoms with E-state index in [9.17, 15) is 26.7 Å². The summed E-state index contributed by atoms with van der Waals surface area (Å²) < 4.78 is 73.0. The first-order valence-corrected chi connectivity index (χ1v) is 15.6. The summed E-state index contributed by atoms with van der Waals surface area (Å²) in [5, 5.41) is 5.46. The van der Waals surface area contributed by atoms with Crippen molar-refractivity contribution >= 4 is 23.6 Å². The first-order chi connectivity index (χ1) is 23.6. The Hall–Kier alpha value is -5.22. The number of urea groups is 1. The first-order valence-electron chi connectivity index (χ1n) is 15.6. The predicted molar refractivity (Wildman–Crippen MR) is 169 cm³/mol. The lowest BCUT2D eigenvalue weighted by atomic mass is 9.90. The monoisotopic (exact) mass is 684 g/mol. The number of methoxy groups -OCH3 is 1. The van der Waals surface area contributed by atoms with Crippen LogP contribution in [0, 0.1) is 0 Å². The Morgan fingerprint density at radius 3 is 2.41 bits per heavy atom. The summed E-state index contributed by atoms with van der Waals surface area (Å²) in [6.45, 7) is -0.217. The van der Waals surface area contributed by atoms with Crippen LogP contribution in [-0.2, 0) is 19.1 Å². The molecule has 0 spiro atoms. The molecule has 0 radical (unpaired) electrons. The van der Waals surface area contributed by atoms with Crippen molar-refractivity contribution < 1.29 is 31.5 Å². The molecule has 0 atom stereocenters. The van der Waals surface area contributed by atoms with Gasteiger partial charge in [-0.25, -0.2) is 33.5 Å². The zero-order chi connectivity index (χ0) is 34.5. The third-order valence-electron chi connectivity index (χ3n) is 8.55. The number of anilines is 3. The van der Waals surface area contributed by atoms with Gasteiger partial charge in [-0.15, -0.1) is 0 Å². The van der Waals surface area contributed by atoms with E-state index in [1.165, 1.54) is 12.0 Å². The van der Waals surface area contributed by atoms with E-state index in [1.54, 1.807) is 54.1 Å². The molecule has 17 heteroatoms. The quantitative estimate of drug-likeness (QED) is 0.217. The van der Waals surface area contributed by atoms with Gasteiger partial charge in [0.05, 0.1) is 13.7 Å². The summed E-state index contributed by atoms with van der Waals surface area (Å²) in [6.07, 6.45) is 3.91. The minimum atomic E-state index is -4.65. The fourth-order valence-corrected chi connectivity index (χ4v) is 6.08. The number of nitrogens with one attached hydrogen (secondary N) is 2. The molecule has 0 unspecified atom stereocenters. The topological polar surface area (TPSA) is 134 Å². The number of halogens is 5. The molecule has 4 aromatic rings. The highest BCUT2D eigenvalue weighted by Gasteiger charge is 2.38. The molecule has 1 aliphatic carbocycles. The van der Waals surface area contributed by atoms with Crippen molar-refractivity contribution in [3.8, 4) is 17.1 Å². The van der Waals surface area contributed by atoms with E-state index < -0.39 is 30.7 Å². The van der Waals surface area contributed by atoms with Crippen LogP contribution in [0.2, 0.25) is 0 Å². The lowest BCUT2D eigenvalue weighted by molar-refractivity contribution is -0.137. The molecule has 1 fully saturated rings. The van der Waals surface area contributed by atoms with E-state index in [2.05, 4.69) is 40.5 Å². The summed E-state index contributed by atoms with van der Waals surface area (Å²) in [5.74, 6) is 0.146. The molecule has 2 N–H and O–H groups in total. The van der Waals surface area contributed by atoms with Crippen LogP contribution in [0.5, 0.6) is 6.01 Å². The van der Waals surface area contributed by atoms with Crippen molar-refractivity contribution in [3.05, 3.63) is 72.1 Å². The highest BCUT2D eigenvalue weighted by molar-refractivity contribution is 5.91. The van der Waals surface area contributed by atoms with Gasteiger partial charge in [0.2, 0.25) is 5.95 Å². The minimum Gasteiger partial charge on any atom is -0.467 e. The van der Waals surface area contributed by atoms with E-state index in [0.29, 0.717) is 49.8 Å². The summed E-state index contributed by atoms with van der Waals surface area (Å²) in [5.41, 5.74) is 2.31. The maximum absolute atomic E-state index is 14.0. The molecule has 1 saturated carbocycles. The molecule has 0 saturated heterocycles. The maximum atomic E-state index is 14.0. The smallest absolute Gasteiger partial charge is 0.421 e. The van der Waals surface area contributed by atoms with Gasteiger partial charge in [-0.1, -0.05) is 0 Å². The minimum absolute atomic E-state index is 0.0678. The second-order valence-electron chi connectivity index (χ2n) is 11.7. The molecule has 1 aliphatic heterocycles. The standard InChI is InChI=1S/C32H33F5N10O2/c1-49-30-41-14-22(15-42-30)19-2-7-27(39-13-19)47(31(48)43-17-26(33)34)24-5-3-23(4-6-24)44-29-40-16-25(32(35,36)37)28(45-29)46-11-9-20-12-38-10-8-21(20)18-46/h2,7-8,10,12-16,23-24,26H,3-6,9,11,17-18H2,1H3,(H,43,48)(H,40,44,45). The number of hydrogen-bond acceptors (Lipinski definition) is 10. The fraction of sp³-hybridized carbons (Fsp3) is 0.406. The van der Waals surface area contributed by atoms with Gasteiger partial charge in [-0.05, 0) is 61.4 Å². The van der Waals surface area contributed by atoms with Crippen LogP contribution in [0.3, 0.4) is 0 Å². The van der Waals surface area contributed by atoms with E-state index >= 15 is 0 Å². The zero-order valence-electron chi connectivity index (χ0n) is 26.4. The van der Waals surface area contributed by atoms with Crippen molar-refractivity contribution in [3.63, 3.8) is 0 Å². The largest absolute Gasteiger partial charge is 0.467 e. The number of carbonyl (C=O) groups excluding carboxylic acids is 1. The molecule has 0 bridgehead atoms. The van der Waals surface area contributed by atoms with Crippen molar-refractivity contribution in [1.29, 1.82) is 0 Å². The van der Waals surface area contributed by atoms with Crippen LogP contribution in [0.25, 0.3) is 11.1 Å². The van der Waals surface area contributed by atoms with E-state index in [1.807, 2.05) is 0 Å². The normalized spacial score (nSPS) is 17.7. The summed E-state index contributed by atoms with van der Waals surface area (Å²) in [7, 11) is 1.45. The van der Waals surface area contributed by atoms with Crippen molar-refractivity contribution in [2.45, 2.75) is 63.3 Å². The molecule has 2 amide bonds. The number of hydrogen-bond donors (Lipinski definition) is 2. The number of alkyl halides is 5. The molecule has 6 rings (SSSR count). The number of aromatic nitrogens is 6. The van der Waals surface area contributed by atoms with Crippen LogP contribution in [-0.4, -0.2) is 74.6 Å². The average Bonchev–Trinajstić information content (AvgIpc) is 3.11. The first kappa shape index (κ1) is 33.7. The van der Waals surface area contributed by atoms with E-state index in [4.69, 9.17) is 4.74 Å². The molecule has 258 valence electrons. The number of nitrogens with zero attached hydrogens (tertiary/aromatic N) is 8. The van der Waals surface area contributed by atoms with E-state index in [-0.39, 0.29) is 42.2 Å². The van der Waals surface area contributed by atoms with Crippen molar-refractivity contribution in [2.24, 2.45) is 0 Å². The predicted octanol–water partition coefficient (Wildman–Crippen LogP) is 5.52. The Kier molecular flexibility index (Phi) is 9.96. The van der Waals surface area contributed by atoms with Gasteiger partial charge in [0.25, 0.3) is 6.43 Å². The molecular formula is C32H33F5N10O2. The van der Waals surface area contributed by atoms with Gasteiger partial charge in [0.1, 0.15) is 17.2 Å². The molecule has 4 aromatic heterocycles. The summed E-state index contributed by atoms with van der Waals surface area (Å²) in [4.78, 5) is 41.3. The number of pyridine rings is 2. The summed E-state index contributed by atoms with van der Waals surface area (Å²) >= 11 is 0. The third-order valence-corrected chi connectivity index (χ3v) is 8.55. The highest BCUT2D eigenvalue weighted by atomic mass is 19.4. The Balaban J connectivity index is 1.16. The van der Waals surface area contributed by atoms with Crippen LogP contribution in [0.1, 0.15) is 42.4 Å². The van der Waals surface area contributed by atoms with Crippen molar-refractivity contribution in [1.82, 2.24) is 35.2 Å². The van der Waals surface area contributed by atoms with Crippen molar-refractivity contribution in [2.75, 3.05) is 35.3 Å². The second kappa shape index (κ2) is 14.5. The van der Waals surface area contributed by atoms with Gasteiger partial charge in [-0.2, -0.15) is 18.2 Å². The lowest BCUT2D eigenvalue weighted by Crippen LogP contribution is -2.50. The van der Waals surface area contributed by atoms with Gasteiger partial charge >= 0.3 is 18.2 Å². The van der Waals surface area contributed by atoms with Crippen LogP contribution in [0.15, 0.2) is 55.4 Å². The zero-order valence-corrected chi connectivity index (χ0v) is 26.4. The Morgan fingerprint density at radius 1 is 0.980 bits per heavy atom. The number of carbonyl (C=O) groups is 1. The van der Waals surface area contributed by atoms with Gasteiger partial charge in [0, 0.05) is 73.5 Å². The van der Waals surface area contributed by atoms with Crippen LogP contribution >= 0.6 is 0 Å².